The highest BCUT2D eigenvalue weighted by Crippen LogP contribution is 2.37. The Morgan fingerprint density at radius 1 is 1.28 bits per heavy atom. The molecule has 0 bridgehead atoms. The van der Waals surface area contributed by atoms with Crippen LogP contribution in [0.15, 0.2) is 34.0 Å². The number of H-pyrrole nitrogens is 1. The fraction of sp³-hybridized carbons (Fsp3) is 0.300. The second kappa shape index (κ2) is 7.64. The number of aromatic amines is 1. The molecule has 1 amide bonds. The number of thiophene rings is 1. The van der Waals surface area contributed by atoms with E-state index in [0.717, 1.165) is 21.0 Å². The van der Waals surface area contributed by atoms with Gasteiger partial charge in [-0.2, -0.15) is 0 Å². The van der Waals surface area contributed by atoms with Crippen LogP contribution in [0.2, 0.25) is 0 Å². The average Bonchev–Trinajstić information content (AvgIpc) is 2.96. The molecule has 2 aromatic heterocycles. The molecular weight excluding hydrogens is 410 g/mol. The van der Waals surface area contributed by atoms with Crippen LogP contribution in [0.3, 0.4) is 0 Å². The summed E-state index contributed by atoms with van der Waals surface area (Å²) < 4.78 is 5.46. The van der Waals surface area contributed by atoms with Crippen LogP contribution in [0.5, 0.6) is 0 Å². The molecule has 0 spiro atoms. The molecule has 0 aliphatic carbocycles. The Hall–Kier alpha value is -2.65. The van der Waals surface area contributed by atoms with Crippen LogP contribution in [0, 0.1) is 13.8 Å². The van der Waals surface area contributed by atoms with E-state index in [0.29, 0.717) is 16.0 Å². The van der Waals surface area contributed by atoms with Crippen LogP contribution in [0.4, 0.5) is 5.69 Å². The first-order valence-electron chi connectivity index (χ1n) is 9.09. The Kier molecular flexibility index (Phi) is 5.18. The Balaban J connectivity index is 1.47. The predicted octanol–water partition coefficient (Wildman–Crippen LogP) is 3.71. The molecule has 1 aliphatic rings. The summed E-state index contributed by atoms with van der Waals surface area (Å²) >= 11 is 2.78. The van der Waals surface area contributed by atoms with Crippen molar-refractivity contribution in [3.05, 3.63) is 50.9 Å². The maximum atomic E-state index is 12.4. The van der Waals surface area contributed by atoms with Crippen molar-refractivity contribution < 1.29 is 14.3 Å². The number of benzene rings is 1. The van der Waals surface area contributed by atoms with Gasteiger partial charge in [0.25, 0.3) is 5.56 Å². The monoisotopic (exact) mass is 429 g/mol. The third kappa shape index (κ3) is 3.79. The maximum absolute atomic E-state index is 12.4. The molecule has 1 aromatic carbocycles. The van der Waals surface area contributed by atoms with Gasteiger partial charge in [0, 0.05) is 9.77 Å². The first-order chi connectivity index (χ1) is 13.8. The summed E-state index contributed by atoms with van der Waals surface area (Å²) in [4.78, 5) is 46.9. The van der Waals surface area contributed by atoms with Gasteiger partial charge in [0.1, 0.15) is 4.83 Å². The van der Waals surface area contributed by atoms with E-state index in [1.807, 2.05) is 38.1 Å². The molecule has 7 nitrogen and oxygen atoms in total. The highest BCUT2D eigenvalue weighted by Gasteiger charge is 2.30. The number of anilines is 1. The Labute approximate surface area is 174 Å². The Morgan fingerprint density at radius 2 is 2.03 bits per heavy atom. The second-order valence-electron chi connectivity index (χ2n) is 6.84. The number of aromatic nitrogens is 2. The van der Waals surface area contributed by atoms with Crippen LogP contribution in [-0.2, 0) is 14.3 Å². The lowest BCUT2D eigenvalue weighted by molar-refractivity contribution is -0.149. The summed E-state index contributed by atoms with van der Waals surface area (Å²) in [6.07, 6.45) is -0.801. The lowest BCUT2D eigenvalue weighted by atomic mass is 10.2. The van der Waals surface area contributed by atoms with Crippen LogP contribution in [0.25, 0.3) is 10.2 Å². The Morgan fingerprint density at radius 3 is 2.83 bits per heavy atom. The van der Waals surface area contributed by atoms with Gasteiger partial charge in [0.05, 0.1) is 22.7 Å². The molecule has 4 rings (SSSR count). The molecule has 150 valence electrons. The number of nitrogens with zero attached hydrogens (tertiary/aromatic N) is 1. The molecule has 3 heterocycles. The smallest absolute Gasteiger partial charge is 0.308 e. The van der Waals surface area contributed by atoms with E-state index in [2.05, 4.69) is 15.3 Å². The van der Waals surface area contributed by atoms with Crippen LogP contribution < -0.4 is 10.9 Å². The van der Waals surface area contributed by atoms with Crippen molar-refractivity contribution in [2.75, 3.05) is 5.32 Å². The summed E-state index contributed by atoms with van der Waals surface area (Å²) in [5.74, 6) is -0.454. The van der Waals surface area contributed by atoms with Crippen molar-refractivity contribution in [1.29, 1.82) is 0 Å². The van der Waals surface area contributed by atoms with Gasteiger partial charge >= 0.3 is 5.97 Å². The molecule has 1 aliphatic heterocycles. The predicted molar refractivity (Wildman–Crippen MR) is 114 cm³/mol. The summed E-state index contributed by atoms with van der Waals surface area (Å²) in [5.41, 5.74) is 1.42. The number of ether oxygens (including phenoxy) is 1. The third-order valence-corrected chi connectivity index (χ3v) is 7.19. The van der Waals surface area contributed by atoms with Gasteiger partial charge in [-0.25, -0.2) is 4.98 Å². The second-order valence-corrected chi connectivity index (χ2v) is 9.29. The Bertz CT molecular complexity index is 1180. The number of amides is 1. The van der Waals surface area contributed by atoms with E-state index in [1.54, 1.807) is 6.92 Å². The molecule has 0 saturated carbocycles. The quantitative estimate of drug-likeness (QED) is 0.613. The number of rotatable bonds is 4. The van der Waals surface area contributed by atoms with Crippen LogP contribution in [-0.4, -0.2) is 27.1 Å². The number of thioether (sulfide) groups is 1. The van der Waals surface area contributed by atoms with E-state index in [-0.39, 0.29) is 17.9 Å². The number of fused-ring (bicyclic) bond motifs is 2. The van der Waals surface area contributed by atoms with Gasteiger partial charge in [0.15, 0.2) is 11.9 Å². The van der Waals surface area contributed by atoms with E-state index in [4.69, 9.17) is 4.74 Å². The molecule has 29 heavy (non-hydrogen) atoms. The lowest BCUT2D eigenvalue weighted by Crippen LogP contribution is -2.31. The van der Waals surface area contributed by atoms with Crippen LogP contribution >= 0.6 is 23.1 Å². The zero-order valence-corrected chi connectivity index (χ0v) is 17.7. The molecule has 9 heteroatoms. The summed E-state index contributed by atoms with van der Waals surface area (Å²) in [6, 6.07) is 7.45. The molecule has 0 saturated heterocycles. The number of hydrogen-bond acceptors (Lipinski definition) is 7. The summed E-state index contributed by atoms with van der Waals surface area (Å²) in [6.45, 7) is 5.48. The fourth-order valence-electron chi connectivity index (χ4n) is 3.14. The minimum atomic E-state index is -0.730. The maximum Gasteiger partial charge on any atom is 0.308 e. The first-order valence-corrected chi connectivity index (χ1v) is 10.8. The molecular formula is C20H19N3O4S2. The van der Waals surface area contributed by atoms with Gasteiger partial charge in [-0.1, -0.05) is 12.1 Å². The standard InChI is InChI=1S/C20H19N3O4S2/c1-9-11(3)28-20-16(9)19(26)22-17(23-20)10(2)27-15(24)8-14-18(25)21-12-6-4-5-7-13(12)29-14/h4-7,10,14H,8H2,1-3H3,(H,21,25)(H,22,23,26)/t10-,14+/m1/s1. The van der Waals surface area contributed by atoms with Crippen molar-refractivity contribution in [2.45, 2.75) is 43.4 Å². The highest BCUT2D eigenvalue weighted by molar-refractivity contribution is 8.01. The minimum absolute atomic E-state index is 0.0706. The van der Waals surface area contributed by atoms with Gasteiger partial charge in [0.2, 0.25) is 5.91 Å². The van der Waals surface area contributed by atoms with Crippen LogP contribution in [0.1, 0.15) is 35.7 Å². The molecule has 0 radical (unpaired) electrons. The van der Waals surface area contributed by atoms with Crippen molar-refractivity contribution in [1.82, 2.24) is 9.97 Å². The number of carbonyl (C=O) groups is 2. The first kappa shape index (κ1) is 19.7. The van der Waals surface area contributed by atoms with Crippen molar-refractivity contribution in [3.8, 4) is 0 Å². The number of aryl methyl sites for hydroxylation is 2. The third-order valence-electron chi connectivity index (χ3n) is 4.81. The molecule has 0 fully saturated rings. The number of nitrogens with one attached hydrogen (secondary N) is 2. The minimum Gasteiger partial charge on any atom is -0.454 e. The van der Waals surface area contributed by atoms with Gasteiger partial charge in [-0.05, 0) is 38.5 Å². The largest absolute Gasteiger partial charge is 0.454 e. The average molecular weight is 430 g/mol. The number of hydrogen-bond donors (Lipinski definition) is 2. The van der Waals surface area contributed by atoms with Crippen molar-refractivity contribution >= 4 is 50.9 Å². The van der Waals surface area contributed by atoms with E-state index in [1.165, 1.54) is 23.1 Å². The van der Waals surface area contributed by atoms with Crippen molar-refractivity contribution in [2.24, 2.45) is 0 Å². The number of esters is 1. The van der Waals surface area contributed by atoms with E-state index >= 15 is 0 Å². The lowest BCUT2D eigenvalue weighted by Gasteiger charge is -2.23. The normalized spacial score (nSPS) is 16.9. The number of para-hydroxylation sites is 1. The molecule has 2 N–H and O–H groups in total. The summed E-state index contributed by atoms with van der Waals surface area (Å²) in [5, 5.41) is 2.81. The van der Waals surface area contributed by atoms with E-state index < -0.39 is 17.3 Å². The SMILES string of the molecule is Cc1sc2nc([C@@H](C)OC(=O)C[C@@H]3Sc4ccccc4NC3=O)[nH]c(=O)c2c1C. The van der Waals surface area contributed by atoms with Gasteiger partial charge < -0.3 is 15.0 Å². The number of carbonyl (C=O) groups excluding carboxylic acids is 2. The molecule has 2 atom stereocenters. The highest BCUT2D eigenvalue weighted by atomic mass is 32.2. The summed E-state index contributed by atoms with van der Waals surface area (Å²) in [7, 11) is 0. The van der Waals surface area contributed by atoms with Gasteiger partial charge in [-0.3, -0.25) is 14.4 Å². The topological polar surface area (TPSA) is 101 Å². The molecule has 0 unspecified atom stereocenters. The molecule has 3 aromatic rings. The zero-order valence-electron chi connectivity index (χ0n) is 16.1. The van der Waals surface area contributed by atoms with E-state index in [9.17, 15) is 14.4 Å². The zero-order chi connectivity index (χ0) is 20.7. The van der Waals surface area contributed by atoms with Gasteiger partial charge in [-0.15, -0.1) is 23.1 Å². The fourth-order valence-corrected chi connectivity index (χ4v) is 5.28. The van der Waals surface area contributed by atoms with Crippen molar-refractivity contribution in [3.63, 3.8) is 0 Å².